The molecule has 108 valence electrons. The Balaban J connectivity index is 0.00000144. The van der Waals surface area contributed by atoms with Crippen molar-refractivity contribution >= 4 is 21.8 Å². The largest absolute Gasteiger partial charge is 0.366 e. The second-order valence-electron chi connectivity index (χ2n) is 5.04. The van der Waals surface area contributed by atoms with Gasteiger partial charge in [0, 0.05) is 37.5 Å². The fourth-order valence-corrected chi connectivity index (χ4v) is 2.89. The predicted octanol–water partition coefficient (Wildman–Crippen LogP) is 4.72. The molecule has 4 aromatic rings. The smallest absolute Gasteiger partial charge is 0.0541 e. The van der Waals surface area contributed by atoms with Crippen molar-refractivity contribution in [3.63, 3.8) is 0 Å². The van der Waals surface area contributed by atoms with Crippen molar-refractivity contribution in [2.75, 3.05) is 0 Å². The number of rotatable bonds is 1. The zero-order chi connectivity index (χ0) is 14.2. The summed E-state index contributed by atoms with van der Waals surface area (Å²) in [5, 5.41) is 2.52. The standard InChI is InChI=1S/C20H12N.Pt/c1-2-15-11-13-16(14-12-15)21-19-9-5-3-7-17(19)18-8-4-6-10-20(18)21;/h3-14H;/q-1;. The predicted molar refractivity (Wildman–Crippen MR) is 87.0 cm³/mol. The first-order valence-electron chi connectivity index (χ1n) is 6.90. The molecule has 22 heavy (non-hydrogen) atoms. The molecule has 2 heteroatoms. The number of hydrogen-bond acceptors (Lipinski definition) is 0. The fraction of sp³-hybridized carbons (Fsp3) is 0. The minimum Gasteiger partial charge on any atom is -0.366 e. The van der Waals surface area contributed by atoms with Gasteiger partial charge in [-0.25, -0.2) is 0 Å². The second-order valence-corrected chi connectivity index (χ2v) is 5.04. The maximum absolute atomic E-state index is 7.19. The van der Waals surface area contributed by atoms with E-state index in [-0.39, 0.29) is 21.1 Å². The van der Waals surface area contributed by atoms with Crippen LogP contribution in [-0.4, -0.2) is 4.57 Å². The van der Waals surface area contributed by atoms with Crippen molar-refractivity contribution < 1.29 is 21.1 Å². The van der Waals surface area contributed by atoms with Gasteiger partial charge in [-0.1, -0.05) is 48.5 Å². The number of benzene rings is 3. The molecule has 1 heterocycles. The molecule has 0 N–H and O–H groups in total. The molecule has 0 saturated heterocycles. The van der Waals surface area contributed by atoms with E-state index in [1.165, 1.54) is 21.8 Å². The van der Waals surface area contributed by atoms with Crippen molar-refractivity contribution in [3.05, 3.63) is 84.8 Å². The summed E-state index contributed by atoms with van der Waals surface area (Å²) in [6.07, 6.45) is 7.19. The van der Waals surface area contributed by atoms with Gasteiger partial charge in [0.05, 0.1) is 11.0 Å². The summed E-state index contributed by atoms with van der Waals surface area (Å²) in [6.45, 7) is 0. The summed E-state index contributed by atoms with van der Waals surface area (Å²) in [7, 11) is 0. The van der Waals surface area contributed by atoms with Crippen LogP contribution in [0.25, 0.3) is 27.5 Å². The molecule has 4 rings (SSSR count). The summed E-state index contributed by atoms with van der Waals surface area (Å²) in [6, 6.07) is 24.8. The number of nitrogens with zero attached hydrogens (tertiary/aromatic N) is 1. The molecule has 0 atom stereocenters. The molecule has 0 aliphatic heterocycles. The van der Waals surface area contributed by atoms with Crippen molar-refractivity contribution in [3.8, 4) is 11.6 Å². The van der Waals surface area contributed by atoms with Crippen LogP contribution in [0.15, 0.2) is 72.8 Å². The van der Waals surface area contributed by atoms with Crippen LogP contribution in [0, 0.1) is 12.3 Å². The van der Waals surface area contributed by atoms with E-state index in [4.69, 9.17) is 6.42 Å². The maximum Gasteiger partial charge on any atom is 0.0541 e. The van der Waals surface area contributed by atoms with Crippen LogP contribution in [0.1, 0.15) is 5.56 Å². The van der Waals surface area contributed by atoms with Gasteiger partial charge in [0.2, 0.25) is 0 Å². The Morgan fingerprint density at radius 3 is 1.68 bits per heavy atom. The van der Waals surface area contributed by atoms with Crippen molar-refractivity contribution in [1.82, 2.24) is 4.57 Å². The van der Waals surface area contributed by atoms with Gasteiger partial charge in [-0.2, -0.15) is 0 Å². The molecule has 1 nitrogen and oxygen atoms in total. The first kappa shape index (κ1) is 14.6. The van der Waals surface area contributed by atoms with Gasteiger partial charge in [-0.3, -0.25) is 5.92 Å². The summed E-state index contributed by atoms with van der Waals surface area (Å²) < 4.78 is 2.26. The van der Waals surface area contributed by atoms with Crippen LogP contribution in [0.2, 0.25) is 0 Å². The van der Waals surface area contributed by atoms with Crippen LogP contribution < -0.4 is 0 Å². The van der Waals surface area contributed by atoms with E-state index in [2.05, 4.69) is 59.0 Å². The maximum atomic E-state index is 7.19. The Hall–Kier alpha value is -2.29. The van der Waals surface area contributed by atoms with Gasteiger partial charge in [-0.15, -0.1) is 17.7 Å². The fourth-order valence-electron chi connectivity index (χ4n) is 2.89. The van der Waals surface area contributed by atoms with E-state index < -0.39 is 0 Å². The SMILES string of the molecule is [C-]#Cc1ccc(-n2c3ccccc3c3ccccc32)cc1.[Pt]. The zero-order valence-electron chi connectivity index (χ0n) is 11.7. The molecular weight excluding hydrogens is 449 g/mol. The normalized spacial score (nSPS) is 10.3. The first-order valence-corrected chi connectivity index (χ1v) is 6.90. The molecule has 0 spiro atoms. The monoisotopic (exact) mass is 461 g/mol. The Kier molecular flexibility index (Phi) is 3.88. The molecule has 0 bridgehead atoms. The molecule has 1 aromatic heterocycles. The van der Waals surface area contributed by atoms with E-state index >= 15 is 0 Å². The molecule has 0 unspecified atom stereocenters. The summed E-state index contributed by atoms with van der Waals surface area (Å²) >= 11 is 0. The van der Waals surface area contributed by atoms with Gasteiger partial charge in [0.1, 0.15) is 0 Å². The molecule has 0 saturated carbocycles. The summed E-state index contributed by atoms with van der Waals surface area (Å²) in [5.74, 6) is 2.41. The quantitative estimate of drug-likeness (QED) is 0.286. The minimum atomic E-state index is 0. The van der Waals surface area contributed by atoms with Crippen molar-refractivity contribution in [2.24, 2.45) is 0 Å². The topological polar surface area (TPSA) is 4.93 Å². The molecule has 3 aromatic carbocycles. The average Bonchev–Trinajstić information content (AvgIpc) is 2.90. The first-order chi connectivity index (χ1) is 10.4. The van der Waals surface area contributed by atoms with Gasteiger partial charge < -0.3 is 11.0 Å². The van der Waals surface area contributed by atoms with E-state index in [9.17, 15) is 0 Å². The number of para-hydroxylation sites is 2. The van der Waals surface area contributed by atoms with E-state index in [1.807, 2.05) is 24.3 Å². The van der Waals surface area contributed by atoms with E-state index in [0.29, 0.717) is 0 Å². The zero-order valence-corrected chi connectivity index (χ0v) is 14.0. The van der Waals surface area contributed by atoms with Crippen LogP contribution in [0.5, 0.6) is 0 Å². The average molecular weight is 461 g/mol. The third kappa shape index (κ3) is 2.17. The van der Waals surface area contributed by atoms with Crippen LogP contribution in [0.4, 0.5) is 0 Å². The van der Waals surface area contributed by atoms with Crippen LogP contribution in [0.3, 0.4) is 0 Å². The number of aromatic nitrogens is 1. The van der Waals surface area contributed by atoms with Crippen LogP contribution >= 0.6 is 0 Å². The van der Waals surface area contributed by atoms with Gasteiger partial charge >= 0.3 is 0 Å². The minimum absolute atomic E-state index is 0. The van der Waals surface area contributed by atoms with Crippen LogP contribution in [-0.2, 0) is 21.1 Å². The molecule has 0 amide bonds. The summed E-state index contributed by atoms with van der Waals surface area (Å²) in [4.78, 5) is 0. The van der Waals surface area contributed by atoms with Crippen molar-refractivity contribution in [1.29, 1.82) is 0 Å². The Labute approximate surface area is 143 Å². The Morgan fingerprint density at radius 2 is 1.18 bits per heavy atom. The van der Waals surface area contributed by atoms with Gasteiger partial charge in [0.25, 0.3) is 0 Å². The van der Waals surface area contributed by atoms with E-state index in [1.54, 1.807) is 0 Å². The molecule has 0 fully saturated rings. The molecule has 0 aliphatic carbocycles. The van der Waals surface area contributed by atoms with Crippen molar-refractivity contribution in [2.45, 2.75) is 0 Å². The molecule has 0 radical (unpaired) electrons. The molecular formula is C20H12NPt-. The van der Waals surface area contributed by atoms with E-state index in [0.717, 1.165) is 11.3 Å². The molecule has 0 aliphatic rings. The number of fused-ring (bicyclic) bond motifs is 3. The second kappa shape index (κ2) is 5.84. The van der Waals surface area contributed by atoms with Gasteiger partial charge in [-0.05, 0) is 12.1 Å². The van der Waals surface area contributed by atoms with Gasteiger partial charge in [0.15, 0.2) is 0 Å². The third-order valence-electron chi connectivity index (χ3n) is 3.85. The summed E-state index contributed by atoms with van der Waals surface area (Å²) in [5.41, 5.74) is 4.29. The Bertz CT molecular complexity index is 935. The third-order valence-corrected chi connectivity index (χ3v) is 3.85. The Morgan fingerprint density at radius 1 is 0.682 bits per heavy atom. The number of hydrogen-bond donors (Lipinski definition) is 0.